The Hall–Kier alpha value is -4.42. The minimum absolute atomic E-state index is 0.0917. The lowest BCUT2D eigenvalue weighted by atomic mass is 9.96. The molecule has 1 aliphatic heterocycles. The van der Waals surface area contributed by atoms with E-state index in [1.165, 1.54) is 0 Å². The van der Waals surface area contributed by atoms with Crippen molar-refractivity contribution in [2.75, 3.05) is 7.11 Å². The van der Waals surface area contributed by atoms with Gasteiger partial charge in [-0.2, -0.15) is 10.2 Å². The lowest BCUT2D eigenvalue weighted by Gasteiger charge is -2.25. The Balaban J connectivity index is 1.47. The highest BCUT2D eigenvalue weighted by Gasteiger charge is 2.34. The van der Waals surface area contributed by atoms with Gasteiger partial charge in [0.05, 0.1) is 35.9 Å². The van der Waals surface area contributed by atoms with Crippen molar-refractivity contribution in [3.8, 4) is 22.7 Å². The van der Waals surface area contributed by atoms with Crippen LogP contribution in [0.25, 0.3) is 22.6 Å². The van der Waals surface area contributed by atoms with Crippen LogP contribution in [0.2, 0.25) is 0 Å². The molecule has 6 heteroatoms. The molecule has 6 rings (SSSR count). The molecule has 5 nitrogen and oxygen atoms in total. The molecule has 0 amide bonds. The number of rotatable bonds is 7. The van der Waals surface area contributed by atoms with Crippen molar-refractivity contribution < 1.29 is 4.74 Å². The van der Waals surface area contributed by atoms with Crippen LogP contribution in [-0.2, 0) is 0 Å². The maximum Gasteiger partial charge on any atom is 0.118 e. The van der Waals surface area contributed by atoms with E-state index in [2.05, 4.69) is 82.2 Å². The number of aromatic nitrogens is 2. The van der Waals surface area contributed by atoms with E-state index >= 15 is 0 Å². The van der Waals surface area contributed by atoms with Crippen LogP contribution in [0.5, 0.6) is 5.75 Å². The number of methoxy groups -OCH3 is 1. The summed E-state index contributed by atoms with van der Waals surface area (Å²) in [4.78, 5) is 0. The van der Waals surface area contributed by atoms with Gasteiger partial charge in [0.2, 0.25) is 0 Å². The number of ether oxygens (including phenoxy) is 1. The molecule has 0 spiro atoms. The van der Waals surface area contributed by atoms with E-state index in [9.17, 15) is 0 Å². The predicted molar refractivity (Wildman–Crippen MR) is 161 cm³/mol. The first-order chi connectivity index (χ1) is 19.1. The molecule has 0 N–H and O–H groups in total. The molecule has 1 aliphatic rings. The Morgan fingerprint density at radius 2 is 1.51 bits per heavy atom. The van der Waals surface area contributed by atoms with Crippen molar-refractivity contribution in [1.29, 1.82) is 0 Å². The smallest absolute Gasteiger partial charge is 0.118 e. The summed E-state index contributed by atoms with van der Waals surface area (Å²) in [5.41, 5.74) is 8.00. The van der Waals surface area contributed by atoms with E-state index in [1.54, 1.807) is 7.11 Å². The second-order valence-corrected chi connectivity index (χ2v) is 10.3. The van der Waals surface area contributed by atoms with Gasteiger partial charge in [-0.1, -0.05) is 83.2 Å². The lowest BCUT2D eigenvalue weighted by Crippen LogP contribution is -2.18. The summed E-state index contributed by atoms with van der Waals surface area (Å²) >= 11 is 3.55. The van der Waals surface area contributed by atoms with Crippen LogP contribution in [0, 0.1) is 0 Å². The lowest BCUT2D eigenvalue weighted by molar-refractivity contribution is 0.351. The fourth-order valence-corrected chi connectivity index (χ4v) is 5.16. The zero-order chi connectivity index (χ0) is 26.8. The topological polar surface area (TPSA) is 42.6 Å². The van der Waals surface area contributed by atoms with Gasteiger partial charge >= 0.3 is 0 Å². The van der Waals surface area contributed by atoms with Crippen molar-refractivity contribution in [3.63, 3.8) is 0 Å². The van der Waals surface area contributed by atoms with Gasteiger partial charge in [-0.25, -0.2) is 4.68 Å². The van der Waals surface area contributed by atoms with Gasteiger partial charge in [-0.3, -0.25) is 5.01 Å². The minimum Gasteiger partial charge on any atom is -0.497 e. The minimum atomic E-state index is -0.0917. The molecule has 192 valence electrons. The Labute approximate surface area is 236 Å². The Morgan fingerprint density at radius 3 is 2.18 bits per heavy atom. The molecule has 0 bridgehead atoms. The normalized spacial score (nSPS) is 14.8. The first kappa shape index (κ1) is 24.9. The second-order valence-electron chi connectivity index (χ2n) is 9.37. The second kappa shape index (κ2) is 10.8. The van der Waals surface area contributed by atoms with Gasteiger partial charge in [0.1, 0.15) is 5.75 Å². The number of halogens is 1. The highest BCUT2D eigenvalue weighted by atomic mass is 79.9. The van der Waals surface area contributed by atoms with E-state index in [0.29, 0.717) is 6.42 Å². The van der Waals surface area contributed by atoms with Gasteiger partial charge < -0.3 is 4.74 Å². The van der Waals surface area contributed by atoms with Gasteiger partial charge in [-0.05, 0) is 59.7 Å². The summed E-state index contributed by atoms with van der Waals surface area (Å²) in [6.45, 7) is 4.49. The van der Waals surface area contributed by atoms with Gasteiger partial charge in [0.25, 0.3) is 0 Å². The first-order valence-electron chi connectivity index (χ1n) is 12.8. The van der Waals surface area contributed by atoms with E-state index < -0.39 is 0 Å². The average Bonchev–Trinajstić information content (AvgIpc) is 3.64. The highest BCUT2D eigenvalue weighted by Crippen LogP contribution is 2.42. The molecule has 1 unspecified atom stereocenters. The molecule has 1 atom stereocenters. The van der Waals surface area contributed by atoms with Crippen LogP contribution < -0.4 is 4.74 Å². The highest BCUT2D eigenvalue weighted by molar-refractivity contribution is 9.10. The predicted octanol–water partition coefficient (Wildman–Crippen LogP) is 8.13. The Morgan fingerprint density at radius 1 is 0.846 bits per heavy atom. The fourth-order valence-electron chi connectivity index (χ4n) is 4.90. The summed E-state index contributed by atoms with van der Waals surface area (Å²) in [7, 11) is 1.68. The SMILES string of the molecule is C=C(c1ccc(Br)cc1)N1N=C(c2ccc(OC)cc2)CC1c1cn(-c2ccccc2)nc1-c1ccccc1. The quantitative estimate of drug-likeness (QED) is 0.197. The van der Waals surface area contributed by atoms with Gasteiger partial charge in [-0.15, -0.1) is 0 Å². The molecule has 4 aromatic carbocycles. The van der Waals surface area contributed by atoms with Crippen LogP contribution in [0.4, 0.5) is 0 Å². The monoisotopic (exact) mass is 574 g/mol. The molecule has 5 aromatic rings. The van der Waals surface area contributed by atoms with Crippen molar-refractivity contribution in [3.05, 3.63) is 143 Å². The van der Waals surface area contributed by atoms with E-state index in [-0.39, 0.29) is 6.04 Å². The number of nitrogens with zero attached hydrogens (tertiary/aromatic N) is 4. The van der Waals surface area contributed by atoms with E-state index in [4.69, 9.17) is 14.9 Å². The molecule has 0 aliphatic carbocycles. The van der Waals surface area contributed by atoms with E-state index in [0.717, 1.165) is 55.3 Å². The van der Waals surface area contributed by atoms with E-state index in [1.807, 2.05) is 65.3 Å². The third kappa shape index (κ3) is 5.03. The maximum atomic E-state index is 5.38. The number of hydrogen-bond acceptors (Lipinski definition) is 4. The van der Waals surface area contributed by atoms with Gasteiger partial charge in [0.15, 0.2) is 0 Å². The van der Waals surface area contributed by atoms with Crippen LogP contribution in [0.15, 0.2) is 132 Å². The Bertz CT molecular complexity index is 1630. The fraction of sp³-hybridized carbons (Fsp3) is 0.0909. The summed E-state index contributed by atoms with van der Waals surface area (Å²) in [5.74, 6) is 0.820. The Kier molecular flexibility index (Phi) is 6.86. The number of benzene rings is 4. The van der Waals surface area contributed by atoms with Crippen molar-refractivity contribution in [2.24, 2.45) is 5.10 Å². The molecule has 39 heavy (non-hydrogen) atoms. The summed E-state index contributed by atoms with van der Waals surface area (Å²) in [6.07, 6.45) is 2.85. The molecule has 0 fully saturated rings. The number of hydrogen-bond donors (Lipinski definition) is 0. The largest absolute Gasteiger partial charge is 0.497 e. The first-order valence-corrected chi connectivity index (χ1v) is 13.6. The molecular formula is C33H27BrN4O. The number of hydrazone groups is 1. The van der Waals surface area contributed by atoms with Crippen molar-refractivity contribution >= 4 is 27.3 Å². The third-order valence-electron chi connectivity index (χ3n) is 6.96. The molecule has 2 heterocycles. The third-order valence-corrected chi connectivity index (χ3v) is 7.49. The zero-order valence-corrected chi connectivity index (χ0v) is 23.1. The van der Waals surface area contributed by atoms with Crippen molar-refractivity contribution in [2.45, 2.75) is 12.5 Å². The van der Waals surface area contributed by atoms with Crippen LogP contribution in [-0.4, -0.2) is 27.6 Å². The molecule has 1 aromatic heterocycles. The molecule has 0 radical (unpaired) electrons. The summed E-state index contributed by atoms with van der Waals surface area (Å²) < 4.78 is 8.36. The maximum absolute atomic E-state index is 5.38. The summed E-state index contributed by atoms with van der Waals surface area (Å²) in [5, 5.41) is 12.3. The molecule has 0 saturated heterocycles. The van der Waals surface area contributed by atoms with Gasteiger partial charge in [0, 0.05) is 28.2 Å². The van der Waals surface area contributed by atoms with Crippen LogP contribution >= 0.6 is 15.9 Å². The standard InChI is InChI=1S/C33H27BrN4O/c1-23(24-13-17-27(34)18-14-24)38-32(21-31(35-38)25-15-19-29(39-2)20-16-25)30-22-37(28-11-7-4-8-12-28)36-33(30)26-9-5-3-6-10-26/h3-20,22,32H,1,21H2,2H3. The zero-order valence-electron chi connectivity index (χ0n) is 21.5. The number of para-hydroxylation sites is 1. The van der Waals surface area contributed by atoms with Crippen LogP contribution in [0.1, 0.15) is 29.2 Å². The van der Waals surface area contributed by atoms with Crippen molar-refractivity contribution in [1.82, 2.24) is 14.8 Å². The molecular weight excluding hydrogens is 548 g/mol. The summed E-state index contributed by atoms with van der Waals surface area (Å²) in [6, 6.07) is 36.7. The average molecular weight is 576 g/mol. The molecule has 0 saturated carbocycles. The van der Waals surface area contributed by atoms with Crippen LogP contribution in [0.3, 0.4) is 0 Å².